The van der Waals surface area contributed by atoms with Crippen molar-refractivity contribution in [3.8, 4) is 33.8 Å². The van der Waals surface area contributed by atoms with Crippen LogP contribution in [0, 0.1) is 23.7 Å². The molecule has 80 heavy (non-hydrogen) atoms. The first kappa shape index (κ1) is 56.2. The van der Waals surface area contributed by atoms with Crippen LogP contribution in [0.2, 0.25) is 0 Å². The van der Waals surface area contributed by atoms with Gasteiger partial charge in [0.05, 0.1) is 35.1 Å². The number of ether oxygens (including phenoxy) is 6. The predicted octanol–water partition coefficient (Wildman–Crippen LogP) is 11.9. The van der Waals surface area contributed by atoms with E-state index in [1.165, 1.54) is 36.4 Å². The SMILES string of the molecule is O=C(/C=C/[C@H]1[C@H](OC(=O)c2ccc(-c3ccccc3)cc2)CC2OC(=O)C[C@@H]21)COc1cccc(C(F)(F)F)c1.O=C1C[C@H]2C(C[C@@H](OC(=O)c3ccc(-c4ccccc4)cc3)[C@@H]2/C=C/[C@@H](O)COc2cccc(C(F)(F)F)c2)O1. The van der Waals surface area contributed by atoms with Gasteiger partial charge in [-0.1, -0.05) is 115 Å². The van der Waals surface area contributed by atoms with Crippen LogP contribution in [0.3, 0.4) is 0 Å². The smallest absolute Gasteiger partial charge is 0.416 e. The maximum Gasteiger partial charge on any atom is 0.416 e. The highest BCUT2D eigenvalue weighted by atomic mass is 19.4. The fourth-order valence-electron chi connectivity index (χ4n) is 10.3. The average Bonchev–Trinajstić information content (AvgIpc) is 4.22. The van der Waals surface area contributed by atoms with Crippen LogP contribution in [-0.4, -0.2) is 78.5 Å². The van der Waals surface area contributed by atoms with Gasteiger partial charge >= 0.3 is 36.2 Å². The van der Waals surface area contributed by atoms with E-state index >= 15 is 0 Å². The molecule has 6 aromatic rings. The Hall–Kier alpha value is -8.51. The quantitative estimate of drug-likeness (QED) is 0.0322. The van der Waals surface area contributed by atoms with Gasteiger partial charge in [0.2, 0.25) is 0 Å². The first-order valence-corrected chi connectivity index (χ1v) is 25.6. The summed E-state index contributed by atoms with van der Waals surface area (Å²) in [4.78, 5) is 62.2. The summed E-state index contributed by atoms with van der Waals surface area (Å²) in [6.45, 7) is -0.765. The van der Waals surface area contributed by atoms with Crippen molar-refractivity contribution in [2.24, 2.45) is 23.7 Å². The van der Waals surface area contributed by atoms with Crippen LogP contribution >= 0.6 is 0 Å². The average molecular weight is 1100 g/mol. The molecule has 0 bridgehead atoms. The van der Waals surface area contributed by atoms with E-state index in [2.05, 4.69) is 0 Å². The Labute approximate surface area is 455 Å². The Morgan fingerprint density at radius 3 is 1.43 bits per heavy atom. The van der Waals surface area contributed by atoms with Gasteiger partial charge < -0.3 is 33.5 Å². The molecule has 2 saturated carbocycles. The zero-order chi connectivity index (χ0) is 56.6. The van der Waals surface area contributed by atoms with Gasteiger partial charge in [-0.15, -0.1) is 0 Å². The second-order valence-electron chi connectivity index (χ2n) is 19.6. The fourth-order valence-corrected chi connectivity index (χ4v) is 10.3. The van der Waals surface area contributed by atoms with Gasteiger partial charge in [0.1, 0.15) is 48.6 Å². The lowest BCUT2D eigenvalue weighted by atomic mass is 9.91. The highest BCUT2D eigenvalue weighted by molar-refractivity contribution is 5.92. The molecule has 1 N–H and O–H groups in total. The van der Waals surface area contributed by atoms with Gasteiger partial charge in [0.15, 0.2) is 12.4 Å². The number of alkyl halides is 6. The summed E-state index contributed by atoms with van der Waals surface area (Å²) in [5, 5.41) is 10.4. The van der Waals surface area contributed by atoms with Crippen molar-refractivity contribution < 1.29 is 83.8 Å². The molecule has 0 radical (unpaired) electrons. The first-order valence-electron chi connectivity index (χ1n) is 25.6. The number of benzene rings is 6. The molecule has 4 aliphatic rings. The molecule has 2 heterocycles. The monoisotopic (exact) mass is 1100 g/mol. The third kappa shape index (κ3) is 14.2. The fraction of sp³-hybridized carbons (Fsp3) is 0.274. The van der Waals surface area contributed by atoms with Gasteiger partial charge in [-0.3, -0.25) is 14.4 Å². The number of hydrogen-bond donors (Lipinski definition) is 1. The number of ketones is 1. The Balaban J connectivity index is 0.000000194. The summed E-state index contributed by atoms with van der Waals surface area (Å²) in [6, 6.07) is 42.2. The van der Waals surface area contributed by atoms with Crippen molar-refractivity contribution in [2.75, 3.05) is 13.2 Å². The number of carbonyl (C=O) groups is 5. The minimum absolute atomic E-state index is 0.0249. The van der Waals surface area contributed by atoms with Crippen LogP contribution in [0.4, 0.5) is 26.3 Å². The molecule has 2 aliphatic heterocycles. The molecule has 6 aromatic carbocycles. The second-order valence-corrected chi connectivity index (χ2v) is 19.6. The third-order valence-electron chi connectivity index (χ3n) is 14.3. The van der Waals surface area contributed by atoms with Crippen LogP contribution < -0.4 is 9.47 Å². The molecule has 2 aliphatic carbocycles. The maximum atomic E-state index is 13.0. The Morgan fingerprint density at radius 1 is 0.550 bits per heavy atom. The molecule has 0 amide bonds. The van der Waals surface area contributed by atoms with Crippen molar-refractivity contribution in [1.29, 1.82) is 0 Å². The summed E-state index contributed by atoms with van der Waals surface area (Å²) in [5.74, 6) is -3.67. The van der Waals surface area contributed by atoms with Gasteiger partial charge in [0, 0.05) is 36.5 Å². The van der Waals surface area contributed by atoms with Crippen molar-refractivity contribution in [1.82, 2.24) is 0 Å². The third-order valence-corrected chi connectivity index (χ3v) is 14.3. The van der Waals surface area contributed by atoms with E-state index in [0.717, 1.165) is 46.5 Å². The van der Waals surface area contributed by atoms with Gasteiger partial charge in [-0.05, 0) is 89.0 Å². The topological polar surface area (TPSA) is 161 Å². The predicted molar refractivity (Wildman–Crippen MR) is 278 cm³/mol. The lowest BCUT2D eigenvalue weighted by molar-refractivity contribution is -0.143. The molecule has 0 spiro atoms. The van der Waals surface area contributed by atoms with Gasteiger partial charge in [0.25, 0.3) is 0 Å². The molecule has 12 nitrogen and oxygen atoms in total. The number of carbonyl (C=O) groups excluding carboxylic acids is 5. The van der Waals surface area contributed by atoms with E-state index in [-0.39, 0.29) is 54.7 Å². The highest BCUT2D eigenvalue weighted by Crippen LogP contribution is 2.45. The largest absolute Gasteiger partial charge is 0.491 e. The first-order chi connectivity index (χ1) is 38.3. The van der Waals surface area contributed by atoms with Crippen LogP contribution in [0.15, 0.2) is 182 Å². The van der Waals surface area contributed by atoms with Crippen LogP contribution in [0.25, 0.3) is 22.3 Å². The number of fused-ring (bicyclic) bond motifs is 2. The summed E-state index contributed by atoms with van der Waals surface area (Å²) < 4.78 is 111. The molecular weight excluding hydrogens is 1050 g/mol. The van der Waals surface area contributed by atoms with E-state index in [1.54, 1.807) is 36.4 Å². The van der Waals surface area contributed by atoms with Crippen molar-refractivity contribution >= 4 is 29.7 Å². The minimum atomic E-state index is -4.53. The lowest BCUT2D eigenvalue weighted by Gasteiger charge is -2.21. The minimum Gasteiger partial charge on any atom is -0.491 e. The summed E-state index contributed by atoms with van der Waals surface area (Å²) in [5.41, 5.74) is 2.96. The van der Waals surface area contributed by atoms with Crippen molar-refractivity contribution in [3.63, 3.8) is 0 Å². The molecule has 10 rings (SSSR count). The molecule has 2 saturated heterocycles. The molecule has 0 aromatic heterocycles. The van der Waals surface area contributed by atoms with Crippen LogP contribution in [0.5, 0.6) is 11.5 Å². The Morgan fingerprint density at radius 2 is 0.975 bits per heavy atom. The standard InChI is InChI=1S/C31H27F3O6.C31H25F3O6/c2*32-31(33,34)22-7-4-8-24(15-22)38-18-23(35)13-14-25-26-16-29(36)39-28(26)17-27(25)40-30(37)21-11-9-20(10-12-21)19-5-2-1-3-6-19/h1-15,23,25-28,35H,16-18H2;1-15,25-28H,16-18H2/b2*14-13+/t23-,25-,26-,27-,28?;25-,26-,27-,28?/m11/s1. The normalized spacial score (nSPS) is 22.6. The number of halogens is 6. The van der Waals surface area contributed by atoms with E-state index in [4.69, 9.17) is 28.4 Å². The Bertz CT molecular complexity index is 3220. The molecule has 414 valence electrons. The zero-order valence-electron chi connectivity index (χ0n) is 42.5. The van der Waals surface area contributed by atoms with Gasteiger partial charge in [-0.25, -0.2) is 9.59 Å². The zero-order valence-corrected chi connectivity index (χ0v) is 42.5. The summed E-state index contributed by atoms with van der Waals surface area (Å²) in [7, 11) is 0. The number of aliphatic hydroxyl groups is 1. The molecule has 9 atom stereocenters. The van der Waals surface area contributed by atoms with Gasteiger partial charge in [-0.2, -0.15) is 26.3 Å². The summed E-state index contributed by atoms with van der Waals surface area (Å²) in [6.07, 6.45) is -5.37. The van der Waals surface area contributed by atoms with Crippen molar-refractivity contribution in [2.45, 2.75) is 68.6 Å². The number of rotatable bonds is 16. The second kappa shape index (κ2) is 24.7. The number of aliphatic hydroxyl groups excluding tert-OH is 1. The molecule has 18 heteroatoms. The number of esters is 4. The highest BCUT2D eigenvalue weighted by Gasteiger charge is 2.52. The van der Waals surface area contributed by atoms with E-state index < -0.39 is 90.2 Å². The Kier molecular flexibility index (Phi) is 17.3. The van der Waals surface area contributed by atoms with Crippen LogP contribution in [-0.2, 0) is 45.7 Å². The molecule has 4 fully saturated rings. The lowest BCUT2D eigenvalue weighted by Crippen LogP contribution is -2.25. The summed E-state index contributed by atoms with van der Waals surface area (Å²) >= 11 is 0. The van der Waals surface area contributed by atoms with E-state index in [1.807, 2.05) is 84.9 Å². The maximum absolute atomic E-state index is 13.0. The van der Waals surface area contributed by atoms with E-state index in [0.29, 0.717) is 24.0 Å². The van der Waals surface area contributed by atoms with Crippen LogP contribution in [0.1, 0.15) is 57.5 Å². The molecule has 2 unspecified atom stereocenters. The van der Waals surface area contributed by atoms with Crippen molar-refractivity contribution in [3.05, 3.63) is 204 Å². The van der Waals surface area contributed by atoms with E-state index in [9.17, 15) is 55.4 Å². The number of hydrogen-bond acceptors (Lipinski definition) is 12. The molecular formula is C62H52F6O12.